The summed E-state index contributed by atoms with van der Waals surface area (Å²) in [5.74, 6) is -1.66. The Morgan fingerprint density at radius 2 is 1.51 bits per heavy atom. The van der Waals surface area contributed by atoms with Crippen LogP contribution < -0.4 is 9.62 Å². The minimum Gasteiger partial charge on any atom is -0.339 e. The number of para-hydroxylation sites is 2. The highest BCUT2D eigenvalue weighted by Crippen LogP contribution is 2.27. The molecule has 1 heterocycles. The fourth-order valence-electron chi connectivity index (χ4n) is 4.33. The van der Waals surface area contributed by atoms with E-state index in [0.29, 0.717) is 18.7 Å². The zero-order valence-electron chi connectivity index (χ0n) is 20.7. The molecule has 0 radical (unpaired) electrons. The van der Waals surface area contributed by atoms with Crippen LogP contribution in [0.15, 0.2) is 77.7 Å². The molecule has 0 saturated carbocycles. The first-order valence-corrected chi connectivity index (χ1v) is 13.7. The number of rotatable bonds is 7. The van der Waals surface area contributed by atoms with Crippen LogP contribution >= 0.6 is 0 Å². The van der Waals surface area contributed by atoms with Gasteiger partial charge in [-0.25, -0.2) is 12.8 Å². The van der Waals surface area contributed by atoms with Gasteiger partial charge in [0.2, 0.25) is 5.91 Å². The van der Waals surface area contributed by atoms with Gasteiger partial charge in [-0.3, -0.25) is 13.9 Å². The lowest BCUT2D eigenvalue weighted by Gasteiger charge is -2.25. The fourth-order valence-corrected chi connectivity index (χ4v) is 5.76. The van der Waals surface area contributed by atoms with Gasteiger partial charge in [-0.2, -0.15) is 0 Å². The second-order valence-electron chi connectivity index (χ2n) is 9.08. The Morgan fingerprint density at radius 1 is 0.892 bits per heavy atom. The summed E-state index contributed by atoms with van der Waals surface area (Å²) < 4.78 is 42.5. The summed E-state index contributed by atoms with van der Waals surface area (Å²) in [5, 5.41) is 2.68. The van der Waals surface area contributed by atoms with E-state index < -0.39 is 28.3 Å². The van der Waals surface area contributed by atoms with Gasteiger partial charge in [-0.1, -0.05) is 54.8 Å². The predicted octanol–water partition coefficient (Wildman–Crippen LogP) is 4.98. The van der Waals surface area contributed by atoms with E-state index in [2.05, 4.69) is 5.32 Å². The summed E-state index contributed by atoms with van der Waals surface area (Å²) >= 11 is 0. The number of anilines is 2. The van der Waals surface area contributed by atoms with E-state index in [1.54, 1.807) is 41.3 Å². The summed E-state index contributed by atoms with van der Waals surface area (Å²) in [4.78, 5) is 28.1. The number of aryl methyl sites for hydroxylation is 1. The van der Waals surface area contributed by atoms with Crippen LogP contribution in [0.3, 0.4) is 0 Å². The Kier molecular flexibility index (Phi) is 8.23. The lowest BCUT2D eigenvalue weighted by atomic mass is 10.1. The zero-order chi connectivity index (χ0) is 26.4. The second-order valence-corrected chi connectivity index (χ2v) is 10.9. The molecule has 0 aromatic heterocycles. The molecule has 1 N–H and O–H groups in total. The predicted molar refractivity (Wildman–Crippen MR) is 142 cm³/mol. The number of hydrogen-bond donors (Lipinski definition) is 1. The standard InChI is InChI=1S/C28H30FN3O4S/c1-21-14-16-22(17-15-21)37(35,36)32(26-13-7-5-11-24(26)29)20-27(33)30-25-12-6-4-10-23(25)28(34)31-18-8-2-3-9-19-31/h4-7,10-17H,2-3,8-9,18-20H2,1H3,(H,30,33). The van der Waals surface area contributed by atoms with Crippen LogP contribution in [0.1, 0.15) is 41.6 Å². The van der Waals surface area contributed by atoms with E-state index in [-0.39, 0.29) is 22.2 Å². The third-order valence-corrected chi connectivity index (χ3v) is 8.12. The van der Waals surface area contributed by atoms with Crippen molar-refractivity contribution in [2.24, 2.45) is 0 Å². The molecular weight excluding hydrogens is 493 g/mol. The van der Waals surface area contributed by atoms with Crippen molar-refractivity contribution in [2.75, 3.05) is 29.3 Å². The molecule has 1 fully saturated rings. The third-order valence-electron chi connectivity index (χ3n) is 6.34. The number of halogens is 1. The van der Waals surface area contributed by atoms with E-state index in [1.807, 2.05) is 6.92 Å². The molecule has 7 nitrogen and oxygen atoms in total. The molecular formula is C28H30FN3O4S. The van der Waals surface area contributed by atoms with E-state index in [9.17, 15) is 22.4 Å². The molecule has 3 aromatic carbocycles. The first-order chi connectivity index (χ1) is 17.8. The van der Waals surface area contributed by atoms with Crippen molar-refractivity contribution < 1.29 is 22.4 Å². The summed E-state index contributed by atoms with van der Waals surface area (Å²) in [6.07, 6.45) is 4.00. The minimum atomic E-state index is -4.27. The van der Waals surface area contributed by atoms with Gasteiger partial charge in [0.1, 0.15) is 12.4 Å². The van der Waals surface area contributed by atoms with Crippen molar-refractivity contribution in [2.45, 2.75) is 37.5 Å². The lowest BCUT2D eigenvalue weighted by Crippen LogP contribution is -2.39. The number of carbonyl (C=O) groups excluding carboxylic acids is 2. The summed E-state index contributed by atoms with van der Waals surface area (Å²) in [5.41, 5.74) is 1.23. The minimum absolute atomic E-state index is 0.0640. The first kappa shape index (κ1) is 26.3. The molecule has 1 aliphatic rings. The maximum Gasteiger partial charge on any atom is 0.264 e. The largest absolute Gasteiger partial charge is 0.339 e. The van der Waals surface area contributed by atoms with E-state index in [4.69, 9.17) is 0 Å². The Balaban J connectivity index is 1.62. The highest BCUT2D eigenvalue weighted by atomic mass is 32.2. The van der Waals surface area contributed by atoms with Gasteiger partial charge in [-0.05, 0) is 56.2 Å². The maximum atomic E-state index is 14.7. The van der Waals surface area contributed by atoms with Crippen molar-refractivity contribution in [1.29, 1.82) is 0 Å². The first-order valence-electron chi connectivity index (χ1n) is 12.3. The monoisotopic (exact) mass is 523 g/mol. The number of nitrogens with one attached hydrogen (secondary N) is 1. The van der Waals surface area contributed by atoms with Crippen LogP contribution in [0.5, 0.6) is 0 Å². The molecule has 0 bridgehead atoms. The molecule has 37 heavy (non-hydrogen) atoms. The van der Waals surface area contributed by atoms with E-state index >= 15 is 0 Å². The van der Waals surface area contributed by atoms with Gasteiger partial charge in [0, 0.05) is 13.1 Å². The number of carbonyl (C=O) groups is 2. The van der Waals surface area contributed by atoms with E-state index in [0.717, 1.165) is 41.6 Å². The zero-order valence-corrected chi connectivity index (χ0v) is 21.5. The highest BCUT2D eigenvalue weighted by Gasteiger charge is 2.30. The quantitative estimate of drug-likeness (QED) is 0.473. The van der Waals surface area contributed by atoms with Crippen LogP contribution in [-0.2, 0) is 14.8 Å². The number of likely N-dealkylation sites (tertiary alicyclic amines) is 1. The topological polar surface area (TPSA) is 86.8 Å². The molecule has 1 saturated heterocycles. The van der Waals surface area contributed by atoms with Gasteiger partial charge in [0.05, 0.1) is 21.8 Å². The normalized spacial score (nSPS) is 14.1. The average Bonchev–Trinajstić information content (AvgIpc) is 3.18. The van der Waals surface area contributed by atoms with Crippen molar-refractivity contribution in [1.82, 2.24) is 4.90 Å². The Bertz CT molecular complexity index is 1370. The van der Waals surface area contributed by atoms with Crippen molar-refractivity contribution in [3.8, 4) is 0 Å². The van der Waals surface area contributed by atoms with Gasteiger partial charge >= 0.3 is 0 Å². The molecule has 9 heteroatoms. The Labute approximate surface area is 217 Å². The molecule has 0 spiro atoms. The number of benzene rings is 3. The van der Waals surface area contributed by atoms with Crippen molar-refractivity contribution in [3.63, 3.8) is 0 Å². The van der Waals surface area contributed by atoms with Crippen LogP contribution in [0.2, 0.25) is 0 Å². The molecule has 0 atom stereocenters. The van der Waals surface area contributed by atoms with Gasteiger partial charge in [0.15, 0.2) is 0 Å². The third kappa shape index (κ3) is 6.17. The highest BCUT2D eigenvalue weighted by molar-refractivity contribution is 7.92. The van der Waals surface area contributed by atoms with Gasteiger partial charge < -0.3 is 10.2 Å². The molecule has 4 rings (SSSR count). The SMILES string of the molecule is Cc1ccc(S(=O)(=O)N(CC(=O)Nc2ccccc2C(=O)N2CCCCCC2)c2ccccc2F)cc1. The van der Waals surface area contributed by atoms with Crippen molar-refractivity contribution >= 4 is 33.2 Å². The molecule has 0 unspecified atom stereocenters. The molecule has 1 aliphatic heterocycles. The summed E-state index contributed by atoms with van der Waals surface area (Å²) in [6, 6.07) is 18.2. The molecule has 0 aliphatic carbocycles. The summed E-state index contributed by atoms with van der Waals surface area (Å²) in [7, 11) is -4.27. The number of nitrogens with zero attached hydrogens (tertiary/aromatic N) is 2. The molecule has 3 aromatic rings. The van der Waals surface area contributed by atoms with Gasteiger partial charge in [-0.15, -0.1) is 0 Å². The Morgan fingerprint density at radius 3 is 2.19 bits per heavy atom. The molecule has 2 amide bonds. The van der Waals surface area contributed by atoms with E-state index in [1.165, 1.54) is 30.3 Å². The average molecular weight is 524 g/mol. The van der Waals surface area contributed by atoms with Gasteiger partial charge in [0.25, 0.3) is 15.9 Å². The fraction of sp³-hybridized carbons (Fsp3) is 0.286. The number of sulfonamides is 1. The lowest BCUT2D eigenvalue weighted by molar-refractivity contribution is -0.114. The maximum absolute atomic E-state index is 14.7. The van der Waals surface area contributed by atoms with Crippen LogP contribution in [0.25, 0.3) is 0 Å². The molecule has 194 valence electrons. The van der Waals surface area contributed by atoms with Crippen LogP contribution in [-0.4, -0.2) is 44.8 Å². The second kappa shape index (κ2) is 11.6. The van der Waals surface area contributed by atoms with Crippen LogP contribution in [0, 0.1) is 12.7 Å². The number of amides is 2. The van der Waals surface area contributed by atoms with Crippen LogP contribution in [0.4, 0.5) is 15.8 Å². The smallest absolute Gasteiger partial charge is 0.264 e. The van der Waals surface area contributed by atoms with Crippen molar-refractivity contribution in [3.05, 3.63) is 89.7 Å². The number of hydrogen-bond acceptors (Lipinski definition) is 4. The summed E-state index contributed by atoms with van der Waals surface area (Å²) in [6.45, 7) is 2.44. The Hall–Kier alpha value is -3.72.